The molecule has 0 aromatic heterocycles. The van der Waals surface area contributed by atoms with Gasteiger partial charge in [0.25, 0.3) is 0 Å². The van der Waals surface area contributed by atoms with Gasteiger partial charge in [-0.2, -0.15) is 0 Å². The predicted molar refractivity (Wildman–Crippen MR) is 53.9 cm³/mol. The lowest BCUT2D eigenvalue weighted by molar-refractivity contribution is 0.126. The van der Waals surface area contributed by atoms with Crippen molar-refractivity contribution in [3.05, 3.63) is 34.3 Å². The molecule has 0 radical (unpaired) electrons. The highest BCUT2D eigenvalue weighted by molar-refractivity contribution is 9.10. The highest BCUT2D eigenvalue weighted by atomic mass is 79.9. The van der Waals surface area contributed by atoms with E-state index in [0.29, 0.717) is 0 Å². The summed E-state index contributed by atoms with van der Waals surface area (Å²) in [5.74, 6) is 0.253. The normalized spacial score (nSPS) is 13.4. The largest absolute Gasteiger partial charge is 0.388 e. The second-order valence-corrected chi connectivity index (χ2v) is 4.06. The average Bonchev–Trinajstić information content (AvgIpc) is 2.04. The SMILES string of the molecule is CC(C)[C@H](O)c1ccccc1Br. The lowest BCUT2D eigenvalue weighted by atomic mass is 9.99. The minimum atomic E-state index is -0.374. The van der Waals surface area contributed by atoms with E-state index in [4.69, 9.17) is 0 Å². The van der Waals surface area contributed by atoms with Crippen LogP contribution in [0.5, 0.6) is 0 Å². The molecular weight excluding hydrogens is 216 g/mol. The first kappa shape index (κ1) is 9.75. The second kappa shape index (κ2) is 4.06. The van der Waals surface area contributed by atoms with E-state index in [1.807, 2.05) is 38.1 Å². The van der Waals surface area contributed by atoms with Crippen molar-refractivity contribution in [3.63, 3.8) is 0 Å². The molecule has 0 amide bonds. The first-order valence-electron chi connectivity index (χ1n) is 4.05. The molecule has 1 atom stereocenters. The smallest absolute Gasteiger partial charge is 0.0823 e. The Labute approximate surface area is 81.6 Å². The summed E-state index contributed by atoms with van der Waals surface area (Å²) in [7, 11) is 0. The summed E-state index contributed by atoms with van der Waals surface area (Å²) in [5, 5.41) is 9.75. The zero-order valence-corrected chi connectivity index (χ0v) is 8.88. The number of benzene rings is 1. The Morgan fingerprint density at radius 1 is 1.25 bits per heavy atom. The monoisotopic (exact) mass is 228 g/mol. The molecule has 12 heavy (non-hydrogen) atoms. The van der Waals surface area contributed by atoms with Crippen LogP contribution in [0, 0.1) is 5.92 Å². The molecule has 0 heterocycles. The van der Waals surface area contributed by atoms with E-state index >= 15 is 0 Å². The molecule has 2 heteroatoms. The standard InChI is InChI=1S/C10H13BrO/c1-7(2)10(12)8-5-3-4-6-9(8)11/h3-7,10,12H,1-2H3/t10-/m0/s1. The Kier molecular flexibility index (Phi) is 3.29. The molecule has 1 rings (SSSR count). The summed E-state index contributed by atoms with van der Waals surface area (Å²) >= 11 is 3.41. The van der Waals surface area contributed by atoms with Gasteiger partial charge in [-0.15, -0.1) is 0 Å². The van der Waals surface area contributed by atoms with Crippen LogP contribution in [0.25, 0.3) is 0 Å². The van der Waals surface area contributed by atoms with Crippen LogP contribution in [0.4, 0.5) is 0 Å². The van der Waals surface area contributed by atoms with E-state index in [2.05, 4.69) is 15.9 Å². The number of hydrogen-bond donors (Lipinski definition) is 1. The van der Waals surface area contributed by atoms with E-state index in [1.165, 1.54) is 0 Å². The van der Waals surface area contributed by atoms with Gasteiger partial charge in [0.05, 0.1) is 6.10 Å². The van der Waals surface area contributed by atoms with Crippen LogP contribution in [0.2, 0.25) is 0 Å². The Morgan fingerprint density at radius 3 is 2.33 bits per heavy atom. The fraction of sp³-hybridized carbons (Fsp3) is 0.400. The van der Waals surface area contributed by atoms with Crippen molar-refractivity contribution in [2.45, 2.75) is 20.0 Å². The van der Waals surface area contributed by atoms with E-state index in [9.17, 15) is 5.11 Å². The fourth-order valence-corrected chi connectivity index (χ4v) is 1.59. The summed E-state index contributed by atoms with van der Waals surface area (Å²) in [6.07, 6.45) is -0.374. The van der Waals surface area contributed by atoms with Crippen LogP contribution in [0.1, 0.15) is 25.5 Å². The predicted octanol–water partition coefficient (Wildman–Crippen LogP) is 3.14. The zero-order chi connectivity index (χ0) is 9.14. The third-order valence-corrected chi connectivity index (χ3v) is 2.58. The number of hydrogen-bond acceptors (Lipinski definition) is 1. The van der Waals surface area contributed by atoms with Crippen LogP contribution in [-0.2, 0) is 0 Å². The minimum Gasteiger partial charge on any atom is -0.388 e. The van der Waals surface area contributed by atoms with Crippen molar-refractivity contribution >= 4 is 15.9 Å². The Morgan fingerprint density at radius 2 is 1.83 bits per heavy atom. The molecule has 0 aliphatic rings. The third kappa shape index (κ3) is 2.08. The van der Waals surface area contributed by atoms with Crippen molar-refractivity contribution in [2.75, 3.05) is 0 Å². The van der Waals surface area contributed by atoms with Crippen LogP contribution in [-0.4, -0.2) is 5.11 Å². The van der Waals surface area contributed by atoms with Crippen LogP contribution < -0.4 is 0 Å². The maximum Gasteiger partial charge on any atom is 0.0823 e. The fourth-order valence-electron chi connectivity index (χ4n) is 1.07. The molecule has 1 aromatic carbocycles. The maximum absolute atomic E-state index is 9.75. The van der Waals surface area contributed by atoms with Crippen molar-refractivity contribution in [2.24, 2.45) is 5.92 Å². The van der Waals surface area contributed by atoms with Crippen molar-refractivity contribution in [1.82, 2.24) is 0 Å². The van der Waals surface area contributed by atoms with Gasteiger partial charge in [0.1, 0.15) is 0 Å². The molecule has 0 saturated heterocycles. The lowest BCUT2D eigenvalue weighted by Gasteiger charge is -2.15. The number of halogens is 1. The number of aliphatic hydroxyl groups excluding tert-OH is 1. The molecule has 0 saturated carbocycles. The second-order valence-electron chi connectivity index (χ2n) is 3.21. The van der Waals surface area contributed by atoms with Gasteiger partial charge in [-0.1, -0.05) is 48.0 Å². The molecule has 0 aliphatic carbocycles. The maximum atomic E-state index is 9.75. The molecule has 1 aromatic rings. The molecule has 1 N–H and O–H groups in total. The molecule has 0 spiro atoms. The zero-order valence-electron chi connectivity index (χ0n) is 7.29. The first-order valence-corrected chi connectivity index (χ1v) is 4.84. The summed E-state index contributed by atoms with van der Waals surface area (Å²) in [6, 6.07) is 7.77. The van der Waals surface area contributed by atoms with Gasteiger partial charge in [-0.25, -0.2) is 0 Å². The molecule has 0 unspecified atom stereocenters. The number of aliphatic hydroxyl groups is 1. The van der Waals surface area contributed by atoms with Crippen molar-refractivity contribution in [3.8, 4) is 0 Å². The highest BCUT2D eigenvalue weighted by Gasteiger charge is 2.13. The van der Waals surface area contributed by atoms with Gasteiger partial charge in [0.2, 0.25) is 0 Å². The average molecular weight is 229 g/mol. The van der Waals surface area contributed by atoms with Gasteiger partial charge in [0, 0.05) is 4.47 Å². The van der Waals surface area contributed by atoms with E-state index in [1.54, 1.807) is 0 Å². The summed E-state index contributed by atoms with van der Waals surface area (Å²) in [6.45, 7) is 4.01. The van der Waals surface area contributed by atoms with Gasteiger partial charge in [-0.05, 0) is 17.5 Å². The van der Waals surface area contributed by atoms with Crippen molar-refractivity contribution in [1.29, 1.82) is 0 Å². The molecule has 0 bridgehead atoms. The topological polar surface area (TPSA) is 20.2 Å². The Balaban J connectivity index is 2.94. The number of rotatable bonds is 2. The molecule has 0 fully saturated rings. The van der Waals surface area contributed by atoms with E-state index in [-0.39, 0.29) is 12.0 Å². The summed E-state index contributed by atoms with van der Waals surface area (Å²) < 4.78 is 0.978. The Bertz CT molecular complexity index is 258. The molecule has 66 valence electrons. The minimum absolute atomic E-state index is 0.253. The quantitative estimate of drug-likeness (QED) is 0.825. The molecule has 0 aliphatic heterocycles. The van der Waals surface area contributed by atoms with Crippen molar-refractivity contribution < 1.29 is 5.11 Å². The molecule has 1 nitrogen and oxygen atoms in total. The third-order valence-electron chi connectivity index (χ3n) is 1.86. The van der Waals surface area contributed by atoms with Gasteiger partial charge in [-0.3, -0.25) is 0 Å². The van der Waals surface area contributed by atoms with Gasteiger partial charge in [0.15, 0.2) is 0 Å². The van der Waals surface area contributed by atoms with E-state index in [0.717, 1.165) is 10.0 Å². The van der Waals surface area contributed by atoms with Gasteiger partial charge >= 0.3 is 0 Å². The summed E-state index contributed by atoms with van der Waals surface area (Å²) in [5.41, 5.74) is 0.965. The highest BCUT2D eigenvalue weighted by Crippen LogP contribution is 2.27. The van der Waals surface area contributed by atoms with E-state index < -0.39 is 0 Å². The Hall–Kier alpha value is -0.340. The van der Waals surface area contributed by atoms with Crippen LogP contribution in [0.3, 0.4) is 0 Å². The van der Waals surface area contributed by atoms with Gasteiger partial charge < -0.3 is 5.11 Å². The van der Waals surface area contributed by atoms with Crippen LogP contribution in [0.15, 0.2) is 28.7 Å². The summed E-state index contributed by atoms with van der Waals surface area (Å²) in [4.78, 5) is 0. The van der Waals surface area contributed by atoms with Crippen LogP contribution >= 0.6 is 15.9 Å². The first-order chi connectivity index (χ1) is 5.63. The molecular formula is C10H13BrO. The lowest BCUT2D eigenvalue weighted by Crippen LogP contribution is -2.05.